The Labute approximate surface area is 132 Å². The van der Waals surface area contributed by atoms with Crippen LogP contribution >= 0.6 is 11.3 Å². The molecule has 0 aliphatic carbocycles. The number of anilines is 1. The van der Waals surface area contributed by atoms with E-state index in [0.717, 1.165) is 31.7 Å². The lowest BCUT2D eigenvalue weighted by Crippen LogP contribution is -2.30. The van der Waals surface area contributed by atoms with Crippen LogP contribution in [0.1, 0.15) is 37.8 Å². The standard InChI is InChI=1S/C17H25N3S/c1-4-8-18-12-15-11-16(7-9-19-15)20(14(2)3)13-17-6-5-10-21-17/h5-7,9-11,14,18H,4,8,12-13H2,1-3H3. The fourth-order valence-electron chi connectivity index (χ4n) is 2.28. The van der Waals surface area contributed by atoms with Crippen molar-refractivity contribution in [3.8, 4) is 0 Å². The maximum Gasteiger partial charge on any atom is 0.0562 e. The van der Waals surface area contributed by atoms with Gasteiger partial charge in [-0.1, -0.05) is 13.0 Å². The third-order valence-corrected chi connectivity index (χ3v) is 4.26. The highest BCUT2D eigenvalue weighted by atomic mass is 32.1. The van der Waals surface area contributed by atoms with Gasteiger partial charge in [0.15, 0.2) is 0 Å². The molecule has 0 fully saturated rings. The SMILES string of the molecule is CCCNCc1cc(N(Cc2cccs2)C(C)C)ccn1. The van der Waals surface area contributed by atoms with Gasteiger partial charge in [-0.15, -0.1) is 11.3 Å². The smallest absolute Gasteiger partial charge is 0.0562 e. The van der Waals surface area contributed by atoms with E-state index in [0.29, 0.717) is 6.04 Å². The molecule has 2 aromatic heterocycles. The zero-order valence-electron chi connectivity index (χ0n) is 13.2. The lowest BCUT2D eigenvalue weighted by molar-refractivity contribution is 0.659. The summed E-state index contributed by atoms with van der Waals surface area (Å²) in [5.41, 5.74) is 2.36. The van der Waals surface area contributed by atoms with Crippen LogP contribution in [0, 0.1) is 0 Å². The molecule has 0 bridgehead atoms. The van der Waals surface area contributed by atoms with Crippen LogP contribution < -0.4 is 10.2 Å². The van der Waals surface area contributed by atoms with Gasteiger partial charge >= 0.3 is 0 Å². The minimum Gasteiger partial charge on any atom is -0.364 e. The second kappa shape index (κ2) is 8.15. The average Bonchev–Trinajstić information content (AvgIpc) is 2.98. The molecule has 0 amide bonds. The number of thiophene rings is 1. The number of hydrogen-bond acceptors (Lipinski definition) is 4. The van der Waals surface area contributed by atoms with Gasteiger partial charge in [0.1, 0.15) is 0 Å². The first-order chi connectivity index (χ1) is 10.2. The van der Waals surface area contributed by atoms with Gasteiger partial charge in [-0.2, -0.15) is 0 Å². The van der Waals surface area contributed by atoms with E-state index in [-0.39, 0.29) is 0 Å². The summed E-state index contributed by atoms with van der Waals surface area (Å²) in [5, 5.41) is 5.55. The number of pyridine rings is 1. The largest absolute Gasteiger partial charge is 0.364 e. The third-order valence-electron chi connectivity index (χ3n) is 3.39. The molecule has 2 heterocycles. The van der Waals surface area contributed by atoms with E-state index in [1.165, 1.54) is 10.6 Å². The second-order valence-corrected chi connectivity index (χ2v) is 6.52. The quantitative estimate of drug-likeness (QED) is 0.745. The normalized spacial score (nSPS) is 11.0. The maximum atomic E-state index is 4.46. The molecule has 114 valence electrons. The van der Waals surface area contributed by atoms with Crippen molar-refractivity contribution in [3.05, 3.63) is 46.4 Å². The van der Waals surface area contributed by atoms with E-state index in [4.69, 9.17) is 0 Å². The van der Waals surface area contributed by atoms with Crippen LogP contribution in [0.15, 0.2) is 35.8 Å². The molecule has 0 aromatic carbocycles. The minimum atomic E-state index is 0.464. The number of aromatic nitrogens is 1. The molecule has 0 atom stereocenters. The lowest BCUT2D eigenvalue weighted by atomic mass is 10.2. The summed E-state index contributed by atoms with van der Waals surface area (Å²) in [5.74, 6) is 0. The molecule has 2 aromatic rings. The van der Waals surface area contributed by atoms with Crippen LogP contribution in [0.4, 0.5) is 5.69 Å². The minimum absolute atomic E-state index is 0.464. The molecule has 4 heteroatoms. The van der Waals surface area contributed by atoms with E-state index < -0.39 is 0 Å². The Bertz CT molecular complexity index is 523. The van der Waals surface area contributed by atoms with Gasteiger partial charge in [0, 0.05) is 29.3 Å². The molecule has 2 rings (SSSR count). The van der Waals surface area contributed by atoms with Crippen molar-refractivity contribution in [1.82, 2.24) is 10.3 Å². The van der Waals surface area contributed by atoms with Crippen LogP contribution in [0.2, 0.25) is 0 Å². The van der Waals surface area contributed by atoms with Gasteiger partial charge in [-0.25, -0.2) is 0 Å². The summed E-state index contributed by atoms with van der Waals surface area (Å²) in [6.07, 6.45) is 3.07. The fraction of sp³-hybridized carbons (Fsp3) is 0.471. The Morgan fingerprint density at radius 2 is 2.19 bits per heavy atom. The Hall–Kier alpha value is -1.39. The van der Waals surface area contributed by atoms with Crippen LogP contribution in [0.5, 0.6) is 0 Å². The molecule has 0 aliphatic heterocycles. The van der Waals surface area contributed by atoms with Crippen LogP contribution in [0.3, 0.4) is 0 Å². The highest BCUT2D eigenvalue weighted by Crippen LogP contribution is 2.22. The predicted octanol–water partition coefficient (Wildman–Crippen LogP) is 4.06. The van der Waals surface area contributed by atoms with Crippen molar-refractivity contribution in [2.45, 2.75) is 46.3 Å². The van der Waals surface area contributed by atoms with E-state index in [2.05, 4.69) is 65.6 Å². The van der Waals surface area contributed by atoms with E-state index in [1.54, 1.807) is 0 Å². The Kier molecular flexibility index (Phi) is 6.21. The molecule has 1 N–H and O–H groups in total. The van der Waals surface area contributed by atoms with Crippen LogP contribution in [0.25, 0.3) is 0 Å². The van der Waals surface area contributed by atoms with E-state index in [9.17, 15) is 0 Å². The second-order valence-electron chi connectivity index (χ2n) is 5.48. The highest BCUT2D eigenvalue weighted by Gasteiger charge is 2.12. The van der Waals surface area contributed by atoms with Gasteiger partial charge in [0.2, 0.25) is 0 Å². The highest BCUT2D eigenvalue weighted by molar-refractivity contribution is 7.09. The summed E-state index contributed by atoms with van der Waals surface area (Å²) >= 11 is 1.81. The van der Waals surface area contributed by atoms with Gasteiger partial charge in [-0.05, 0) is 50.4 Å². The van der Waals surface area contributed by atoms with E-state index in [1.807, 2.05) is 17.5 Å². The molecule has 0 radical (unpaired) electrons. The van der Waals surface area contributed by atoms with Gasteiger partial charge < -0.3 is 10.2 Å². The number of rotatable bonds is 8. The molecule has 0 aliphatic rings. The first-order valence-corrected chi connectivity index (χ1v) is 8.53. The molecule has 0 saturated heterocycles. The van der Waals surface area contributed by atoms with E-state index >= 15 is 0 Å². The number of nitrogens with one attached hydrogen (secondary N) is 1. The van der Waals surface area contributed by atoms with Gasteiger partial charge in [0.05, 0.1) is 12.2 Å². The summed E-state index contributed by atoms with van der Waals surface area (Å²) in [4.78, 5) is 8.29. The Morgan fingerprint density at radius 3 is 2.86 bits per heavy atom. The average molecular weight is 303 g/mol. The molecular weight excluding hydrogens is 278 g/mol. The van der Waals surface area contributed by atoms with Crippen molar-refractivity contribution in [2.24, 2.45) is 0 Å². The molecule has 3 nitrogen and oxygen atoms in total. The van der Waals surface area contributed by atoms with Crippen molar-refractivity contribution >= 4 is 17.0 Å². The first-order valence-electron chi connectivity index (χ1n) is 7.65. The first kappa shape index (κ1) is 16.0. The Balaban J connectivity index is 2.10. The Morgan fingerprint density at radius 1 is 1.33 bits per heavy atom. The molecule has 0 saturated carbocycles. The zero-order valence-corrected chi connectivity index (χ0v) is 14.0. The molecule has 0 unspecified atom stereocenters. The summed E-state index contributed by atoms with van der Waals surface area (Å²) < 4.78 is 0. The fourth-order valence-corrected chi connectivity index (χ4v) is 2.98. The zero-order chi connectivity index (χ0) is 15.1. The molecule has 0 spiro atoms. The predicted molar refractivity (Wildman–Crippen MR) is 91.9 cm³/mol. The summed E-state index contributed by atoms with van der Waals surface area (Å²) in [7, 11) is 0. The number of hydrogen-bond donors (Lipinski definition) is 1. The summed E-state index contributed by atoms with van der Waals surface area (Å²) in [6.45, 7) is 9.49. The van der Waals surface area contributed by atoms with Crippen LogP contribution in [-0.2, 0) is 13.1 Å². The van der Waals surface area contributed by atoms with Gasteiger partial charge in [0.25, 0.3) is 0 Å². The van der Waals surface area contributed by atoms with Crippen LogP contribution in [-0.4, -0.2) is 17.6 Å². The summed E-state index contributed by atoms with van der Waals surface area (Å²) in [6, 6.07) is 9.09. The monoisotopic (exact) mass is 303 g/mol. The number of nitrogens with zero attached hydrogens (tertiary/aromatic N) is 2. The van der Waals surface area contributed by atoms with Crippen molar-refractivity contribution < 1.29 is 0 Å². The molecular formula is C17H25N3S. The van der Waals surface area contributed by atoms with Crippen molar-refractivity contribution in [1.29, 1.82) is 0 Å². The van der Waals surface area contributed by atoms with Crippen molar-refractivity contribution in [3.63, 3.8) is 0 Å². The molecule has 21 heavy (non-hydrogen) atoms. The maximum absolute atomic E-state index is 4.46. The lowest BCUT2D eigenvalue weighted by Gasteiger charge is -2.28. The van der Waals surface area contributed by atoms with Crippen molar-refractivity contribution in [2.75, 3.05) is 11.4 Å². The topological polar surface area (TPSA) is 28.2 Å². The third kappa shape index (κ3) is 4.83. The van der Waals surface area contributed by atoms with Gasteiger partial charge in [-0.3, -0.25) is 4.98 Å².